The van der Waals surface area contributed by atoms with Crippen LogP contribution in [0.4, 0.5) is 5.69 Å². The van der Waals surface area contributed by atoms with E-state index in [-0.39, 0.29) is 17.6 Å². The zero-order valence-electron chi connectivity index (χ0n) is 21.8. The molecule has 2 atom stereocenters. The number of methoxy groups -OCH3 is 3. The van der Waals surface area contributed by atoms with E-state index in [1.807, 2.05) is 41.9 Å². The van der Waals surface area contributed by atoms with Gasteiger partial charge in [0.1, 0.15) is 5.75 Å². The summed E-state index contributed by atoms with van der Waals surface area (Å²) in [5.41, 5.74) is 5.45. The second-order valence-corrected chi connectivity index (χ2v) is 10.2. The topological polar surface area (TPSA) is 85.9 Å². The molecule has 1 aliphatic carbocycles. The summed E-state index contributed by atoms with van der Waals surface area (Å²) < 4.78 is 16.1. The Labute approximate surface area is 226 Å². The van der Waals surface area contributed by atoms with Crippen molar-refractivity contribution >= 4 is 28.7 Å². The summed E-state index contributed by atoms with van der Waals surface area (Å²) in [4.78, 5) is 27.4. The molecule has 0 spiro atoms. The van der Waals surface area contributed by atoms with Crippen molar-refractivity contribution in [2.75, 3.05) is 26.6 Å². The first-order valence-corrected chi connectivity index (χ1v) is 13.3. The number of thiophene rings is 1. The fourth-order valence-corrected chi connectivity index (χ4v) is 6.01. The number of rotatable bonds is 7. The monoisotopic (exact) mass is 530 g/mol. The molecule has 0 unspecified atom stereocenters. The fraction of sp³-hybridized carbons (Fsp3) is 0.267. The molecule has 2 N–H and O–H groups in total. The van der Waals surface area contributed by atoms with Gasteiger partial charge in [-0.2, -0.15) is 11.3 Å². The molecule has 1 aromatic heterocycles. The Hall–Kier alpha value is -4.04. The zero-order chi connectivity index (χ0) is 26.8. The Morgan fingerprint density at radius 3 is 2.37 bits per heavy atom. The number of Topliss-reactive ketones (excluding diaryl/α,β-unsaturated/α-hetero) is 1. The predicted octanol–water partition coefficient (Wildman–Crippen LogP) is 5.77. The van der Waals surface area contributed by atoms with Crippen molar-refractivity contribution < 1.29 is 23.8 Å². The predicted molar refractivity (Wildman–Crippen MR) is 148 cm³/mol. The highest BCUT2D eigenvalue weighted by atomic mass is 32.1. The van der Waals surface area contributed by atoms with Crippen molar-refractivity contribution in [1.29, 1.82) is 0 Å². The zero-order valence-corrected chi connectivity index (χ0v) is 22.6. The minimum atomic E-state index is -0.436. The molecule has 0 saturated heterocycles. The number of benzene rings is 2. The Morgan fingerprint density at radius 2 is 1.71 bits per heavy atom. The number of anilines is 1. The molecule has 1 aliphatic heterocycles. The Morgan fingerprint density at radius 1 is 0.947 bits per heavy atom. The maximum atomic E-state index is 13.8. The van der Waals surface area contributed by atoms with Crippen LogP contribution in [-0.2, 0) is 9.59 Å². The van der Waals surface area contributed by atoms with E-state index in [0.717, 1.165) is 22.5 Å². The maximum Gasteiger partial charge on any atom is 0.254 e. The quantitative estimate of drug-likeness (QED) is 0.403. The molecule has 0 radical (unpaired) electrons. The molecule has 8 heteroatoms. The van der Waals surface area contributed by atoms with E-state index in [1.54, 1.807) is 56.9 Å². The van der Waals surface area contributed by atoms with Crippen LogP contribution in [0.15, 0.2) is 81.8 Å². The van der Waals surface area contributed by atoms with Crippen LogP contribution in [-0.4, -0.2) is 33.0 Å². The number of carbonyl (C=O) groups is 2. The Bertz CT molecular complexity index is 1420. The smallest absolute Gasteiger partial charge is 0.254 e. The van der Waals surface area contributed by atoms with Gasteiger partial charge in [0.15, 0.2) is 17.3 Å². The minimum Gasteiger partial charge on any atom is -0.497 e. The average molecular weight is 531 g/mol. The minimum absolute atomic E-state index is 0.0147. The van der Waals surface area contributed by atoms with E-state index in [9.17, 15) is 9.59 Å². The summed E-state index contributed by atoms with van der Waals surface area (Å²) in [6, 6.07) is 15.0. The highest BCUT2D eigenvalue weighted by Gasteiger charge is 2.41. The number of amides is 1. The van der Waals surface area contributed by atoms with Crippen molar-refractivity contribution in [1.82, 2.24) is 5.32 Å². The fourth-order valence-electron chi connectivity index (χ4n) is 5.33. The van der Waals surface area contributed by atoms with Crippen molar-refractivity contribution in [3.8, 4) is 17.2 Å². The number of ether oxygens (including phenoxy) is 3. The lowest BCUT2D eigenvalue weighted by molar-refractivity contribution is -0.116. The van der Waals surface area contributed by atoms with Crippen LogP contribution < -0.4 is 24.8 Å². The van der Waals surface area contributed by atoms with Crippen molar-refractivity contribution in [3.63, 3.8) is 0 Å². The lowest BCUT2D eigenvalue weighted by atomic mass is 9.72. The third kappa shape index (κ3) is 4.79. The summed E-state index contributed by atoms with van der Waals surface area (Å²) in [6.07, 6.45) is 1.00. The van der Waals surface area contributed by atoms with Gasteiger partial charge in [0.05, 0.1) is 21.3 Å². The van der Waals surface area contributed by atoms with Gasteiger partial charge in [-0.15, -0.1) is 0 Å². The van der Waals surface area contributed by atoms with Crippen LogP contribution in [0.3, 0.4) is 0 Å². The van der Waals surface area contributed by atoms with Crippen LogP contribution in [0.25, 0.3) is 0 Å². The van der Waals surface area contributed by atoms with E-state index < -0.39 is 5.92 Å². The first-order chi connectivity index (χ1) is 18.4. The summed E-state index contributed by atoms with van der Waals surface area (Å²) >= 11 is 1.55. The van der Waals surface area contributed by atoms with Gasteiger partial charge in [-0.3, -0.25) is 9.59 Å². The van der Waals surface area contributed by atoms with Crippen LogP contribution in [0.5, 0.6) is 17.2 Å². The SMILES string of the molecule is COc1ccc(NC(=O)C2=C(C)NC3=C(C(=O)C[C@@H](c4ccc(OC)c(OC)c4)C3)[C@H]2c2ccsc2)cc1. The third-order valence-electron chi connectivity index (χ3n) is 7.18. The molecule has 1 amide bonds. The molecule has 7 nitrogen and oxygen atoms in total. The Kier molecular flexibility index (Phi) is 7.24. The van der Waals surface area contributed by atoms with E-state index in [1.165, 1.54) is 0 Å². The van der Waals surface area contributed by atoms with E-state index in [4.69, 9.17) is 14.2 Å². The van der Waals surface area contributed by atoms with Crippen LogP contribution in [0.1, 0.15) is 42.7 Å². The summed E-state index contributed by atoms with van der Waals surface area (Å²) in [5.74, 6) is 1.35. The molecule has 3 aromatic rings. The number of ketones is 1. The number of dihydropyridines is 1. The molecular weight excluding hydrogens is 500 g/mol. The standard InChI is InChI=1S/C30H30N2O5S/c1-17-27(30(34)32-21-6-8-22(35-2)9-7-21)28(19-11-12-38-16-19)29-23(31-17)13-20(14-24(29)33)18-5-10-25(36-3)26(15-18)37-4/h5-12,15-16,20,28,31H,13-14H2,1-4H3,(H,32,34)/t20-,28-/m0/s1. The molecular formula is C30H30N2O5S. The van der Waals surface area contributed by atoms with Crippen molar-refractivity contribution in [3.05, 3.63) is 93.0 Å². The highest BCUT2D eigenvalue weighted by molar-refractivity contribution is 7.08. The number of carbonyl (C=O) groups excluding carboxylic acids is 2. The molecule has 0 saturated carbocycles. The molecule has 196 valence electrons. The summed E-state index contributed by atoms with van der Waals surface area (Å²) in [5, 5.41) is 10.4. The van der Waals surface area contributed by atoms with Crippen molar-refractivity contribution in [2.24, 2.45) is 0 Å². The maximum absolute atomic E-state index is 13.8. The largest absolute Gasteiger partial charge is 0.497 e. The number of hydrogen-bond acceptors (Lipinski definition) is 7. The second-order valence-electron chi connectivity index (χ2n) is 9.37. The second kappa shape index (κ2) is 10.8. The third-order valence-corrected chi connectivity index (χ3v) is 7.88. The summed E-state index contributed by atoms with van der Waals surface area (Å²) in [7, 11) is 4.81. The van der Waals surface area contributed by atoms with E-state index >= 15 is 0 Å². The number of nitrogens with one attached hydrogen (secondary N) is 2. The lowest BCUT2D eigenvalue weighted by Gasteiger charge is -2.36. The molecule has 0 bridgehead atoms. The van der Waals surface area contributed by atoms with Gasteiger partial charge in [-0.1, -0.05) is 6.07 Å². The van der Waals surface area contributed by atoms with Gasteiger partial charge < -0.3 is 24.8 Å². The summed E-state index contributed by atoms with van der Waals surface area (Å²) in [6.45, 7) is 1.90. The van der Waals surface area contributed by atoms with Crippen LogP contribution >= 0.6 is 11.3 Å². The molecule has 2 aromatic carbocycles. The average Bonchev–Trinajstić information content (AvgIpc) is 3.47. The van der Waals surface area contributed by atoms with Crippen LogP contribution in [0.2, 0.25) is 0 Å². The molecule has 5 rings (SSSR count). The number of hydrogen-bond donors (Lipinski definition) is 2. The van der Waals surface area contributed by atoms with Gasteiger partial charge in [0.2, 0.25) is 0 Å². The van der Waals surface area contributed by atoms with Crippen LogP contribution in [0, 0.1) is 0 Å². The number of allylic oxidation sites excluding steroid dienone is 3. The van der Waals surface area contributed by atoms with Gasteiger partial charge >= 0.3 is 0 Å². The van der Waals surface area contributed by atoms with Crippen molar-refractivity contribution in [2.45, 2.75) is 31.6 Å². The molecule has 2 aliphatic rings. The van der Waals surface area contributed by atoms with E-state index in [0.29, 0.717) is 46.9 Å². The molecule has 0 fully saturated rings. The highest BCUT2D eigenvalue weighted by Crippen LogP contribution is 2.46. The van der Waals surface area contributed by atoms with Gasteiger partial charge in [0, 0.05) is 40.6 Å². The van der Waals surface area contributed by atoms with E-state index in [2.05, 4.69) is 10.6 Å². The lowest BCUT2D eigenvalue weighted by Crippen LogP contribution is -2.36. The normalized spacial score (nSPS) is 19.0. The van der Waals surface area contributed by atoms with Gasteiger partial charge in [-0.25, -0.2) is 0 Å². The molecule has 2 heterocycles. The first kappa shape index (κ1) is 25.6. The Balaban J connectivity index is 1.48. The molecule has 38 heavy (non-hydrogen) atoms. The first-order valence-electron chi connectivity index (χ1n) is 12.4. The van der Waals surface area contributed by atoms with Gasteiger partial charge in [0.25, 0.3) is 5.91 Å². The van der Waals surface area contributed by atoms with Gasteiger partial charge in [-0.05, 0) is 83.6 Å².